The van der Waals surface area contributed by atoms with E-state index < -0.39 is 17.9 Å². The van der Waals surface area contributed by atoms with Gasteiger partial charge in [0.25, 0.3) is 0 Å². The van der Waals surface area contributed by atoms with Crippen LogP contribution in [-0.4, -0.2) is 15.0 Å². The molecule has 1 heterocycles. The number of aromatic nitrogens is 1. The number of phenols is 1. The second-order valence-corrected chi connectivity index (χ2v) is 15.2. The first kappa shape index (κ1) is 34.3. The monoisotopic (exact) mass is 721 g/mol. The average molecular weight is 722 g/mol. The summed E-state index contributed by atoms with van der Waals surface area (Å²) in [7, 11) is 0. The van der Waals surface area contributed by atoms with Gasteiger partial charge in [0.15, 0.2) is 0 Å². The molecule has 3 nitrogen and oxygen atoms in total. The summed E-state index contributed by atoms with van der Waals surface area (Å²) in [4.78, 5) is 3.72. The predicted octanol–water partition coefficient (Wildman–Crippen LogP) is 10.1. The van der Waals surface area contributed by atoms with Gasteiger partial charge in [0.05, 0.1) is 0 Å². The van der Waals surface area contributed by atoms with Crippen LogP contribution >= 0.6 is 0 Å². The van der Waals surface area contributed by atoms with E-state index in [1.165, 1.54) is 33.4 Å². The third-order valence-electron chi connectivity index (χ3n) is 6.12. The summed E-state index contributed by atoms with van der Waals surface area (Å²) in [5.41, 5.74) is 11.9. The molecule has 0 bridgehead atoms. The molecule has 0 unspecified atom stereocenters. The maximum atomic E-state index is 11.1. The van der Waals surface area contributed by atoms with Crippen LogP contribution in [0.25, 0.3) is 22.3 Å². The molecule has 0 fully saturated rings. The molecule has 1 aromatic heterocycles. The Kier molecular flexibility index (Phi) is 12.4. The molecular weight excluding hydrogens is 672 g/mol. The van der Waals surface area contributed by atoms with Crippen molar-refractivity contribution in [2.45, 2.75) is 88.6 Å². The van der Waals surface area contributed by atoms with E-state index in [2.05, 4.69) is 120 Å². The summed E-state index contributed by atoms with van der Waals surface area (Å²) >= 11 is -0.530. The van der Waals surface area contributed by atoms with E-state index >= 15 is 0 Å². The molecule has 0 atom stereocenters. The van der Waals surface area contributed by atoms with Crippen molar-refractivity contribution in [3.63, 3.8) is 0 Å². The quantitative estimate of drug-likeness (QED) is 0.224. The molecule has 0 radical (unpaired) electrons. The van der Waals surface area contributed by atoms with E-state index in [1.807, 2.05) is 30.3 Å². The maximum absolute atomic E-state index is 11.1. The van der Waals surface area contributed by atoms with Crippen LogP contribution in [0.1, 0.15) is 74.9 Å². The van der Waals surface area contributed by atoms with Gasteiger partial charge in [-0.2, -0.15) is 12.4 Å². The number of aryl methyl sites for hydroxylation is 6. The standard InChI is InChI=1S/C24H26O.C5H10.C4H4N.C4H9N.W/c1-14-10-16(3)22(17(4)11-14)20-8-7-9-21(24(20)25)23-18(5)12-15(2)13-19(23)6;1-5(2,3)4;1-2-4-5-3-1;1-4(2,3)5;/h7-13,25H,1-6H3;1H,2-4H3;1-4H;1-3H3;/q;;-1;;. The summed E-state index contributed by atoms with van der Waals surface area (Å²) in [6.07, 6.45) is 3.50. The Hall–Kier alpha value is -2.90. The van der Waals surface area contributed by atoms with E-state index in [9.17, 15) is 5.11 Å². The summed E-state index contributed by atoms with van der Waals surface area (Å²) in [6, 6.07) is 18.6. The second kappa shape index (κ2) is 14.8. The molecule has 0 aliphatic heterocycles. The smallest absolute Gasteiger partial charge is 0.131 e. The van der Waals surface area contributed by atoms with E-state index in [-0.39, 0.29) is 5.54 Å². The van der Waals surface area contributed by atoms with Crippen LogP contribution in [0.5, 0.6) is 5.75 Å². The Balaban J connectivity index is 0.000000302. The molecule has 1 N–H and O–H groups in total. The van der Waals surface area contributed by atoms with Gasteiger partial charge >= 0.3 is 78.3 Å². The number of aromatic hydroxyl groups is 1. The molecule has 0 amide bonds. The van der Waals surface area contributed by atoms with Gasteiger partial charge in [0.2, 0.25) is 0 Å². The Morgan fingerprint density at radius 1 is 0.659 bits per heavy atom. The summed E-state index contributed by atoms with van der Waals surface area (Å²) in [6.45, 7) is 25.9. The Bertz CT molecular complexity index is 1340. The molecule has 0 saturated carbocycles. The predicted molar refractivity (Wildman–Crippen MR) is 175 cm³/mol. The van der Waals surface area contributed by atoms with Crippen molar-refractivity contribution in [1.82, 2.24) is 4.98 Å². The van der Waals surface area contributed by atoms with Gasteiger partial charge in [-0.25, -0.2) is 0 Å². The van der Waals surface area contributed by atoms with Gasteiger partial charge in [0, 0.05) is 11.1 Å². The second-order valence-electron chi connectivity index (χ2n) is 12.9. The van der Waals surface area contributed by atoms with E-state index in [4.69, 9.17) is 0 Å². The summed E-state index contributed by atoms with van der Waals surface area (Å²) in [5, 5.41) is 11.1. The van der Waals surface area contributed by atoms with E-state index in [1.54, 1.807) is 12.4 Å². The zero-order chi connectivity index (χ0) is 31.0. The van der Waals surface area contributed by atoms with Crippen molar-refractivity contribution in [2.24, 2.45) is 8.91 Å². The first-order valence-corrected chi connectivity index (χ1v) is 17.2. The fourth-order valence-electron chi connectivity index (χ4n) is 4.75. The van der Waals surface area contributed by atoms with E-state index in [0.29, 0.717) is 11.2 Å². The van der Waals surface area contributed by atoms with Crippen molar-refractivity contribution in [2.75, 3.05) is 0 Å². The van der Waals surface area contributed by atoms with Crippen molar-refractivity contribution in [1.29, 1.82) is 0 Å². The van der Waals surface area contributed by atoms with Crippen molar-refractivity contribution in [3.8, 4) is 28.0 Å². The van der Waals surface area contributed by atoms with Gasteiger partial charge in [-0.1, -0.05) is 65.7 Å². The zero-order valence-corrected chi connectivity index (χ0v) is 30.1. The van der Waals surface area contributed by atoms with Gasteiger partial charge in [-0.15, -0.1) is 0 Å². The fraction of sp³-hybridized carbons (Fsp3) is 0.378. The minimum Gasteiger partial charge on any atom is -0.670 e. The number of nitrogens with zero attached hydrogens (tertiary/aromatic N) is 2. The normalized spacial score (nSPS) is 11.0. The van der Waals surface area contributed by atoms with Crippen molar-refractivity contribution < 1.29 is 23.0 Å². The first-order valence-electron chi connectivity index (χ1n) is 14.2. The molecule has 41 heavy (non-hydrogen) atoms. The van der Waals surface area contributed by atoms with Gasteiger partial charge in [0.1, 0.15) is 5.75 Å². The van der Waals surface area contributed by atoms with Crippen LogP contribution in [-0.2, 0) is 17.9 Å². The molecule has 0 aliphatic rings. The largest absolute Gasteiger partial charge is 0.670 e. The van der Waals surface area contributed by atoms with Gasteiger partial charge in [-0.05, 0) is 74.9 Å². The summed E-state index contributed by atoms with van der Waals surface area (Å²) in [5.74, 6) is 0.368. The molecule has 220 valence electrons. The summed E-state index contributed by atoms with van der Waals surface area (Å²) < 4.78 is 7.07. The topological polar surface area (TPSA) is 46.7 Å². The number of rotatable bonds is 2. The number of hydrogen-bond acceptors (Lipinski definition) is 2. The minimum absolute atomic E-state index is 0.187. The number of para-hydroxylation sites is 1. The molecule has 4 heteroatoms. The Labute approximate surface area is 257 Å². The number of benzene rings is 3. The Morgan fingerprint density at radius 2 is 1.05 bits per heavy atom. The van der Waals surface area contributed by atoms with Gasteiger partial charge < -0.3 is 10.1 Å². The molecule has 4 rings (SSSR count). The maximum Gasteiger partial charge on any atom is 0.131 e. The molecular formula is C37H49N2OW-. The fourth-order valence-corrected chi connectivity index (χ4v) is 7.21. The molecule has 4 aromatic rings. The zero-order valence-electron chi connectivity index (χ0n) is 27.2. The minimum atomic E-state index is -0.530. The third kappa shape index (κ3) is 11.1. The SMILES string of the molecule is CC(C)(C)[CH]=[W]=[N]C(C)(C)C.Cc1cc(C)c(-c2cccc(-c3c(C)cc(C)cc3C)c2O)c(C)c1.c1cc[n-]c1. The van der Waals surface area contributed by atoms with E-state index in [0.717, 1.165) is 22.3 Å². The molecule has 0 spiro atoms. The van der Waals surface area contributed by atoms with Crippen molar-refractivity contribution in [3.05, 3.63) is 100 Å². The number of hydrogen-bond donors (Lipinski definition) is 1. The molecule has 0 aliphatic carbocycles. The molecule has 0 saturated heterocycles. The van der Waals surface area contributed by atoms with Crippen LogP contribution in [0.3, 0.4) is 0 Å². The Morgan fingerprint density at radius 3 is 1.34 bits per heavy atom. The van der Waals surface area contributed by atoms with Crippen LogP contribution in [0.2, 0.25) is 0 Å². The third-order valence-corrected chi connectivity index (χ3v) is 11.4. The van der Waals surface area contributed by atoms with Crippen LogP contribution in [0, 0.1) is 47.0 Å². The first-order chi connectivity index (χ1) is 19.0. The van der Waals surface area contributed by atoms with Crippen LogP contribution in [0.4, 0.5) is 0 Å². The van der Waals surface area contributed by atoms with Crippen molar-refractivity contribution >= 4 is 4.40 Å². The van der Waals surface area contributed by atoms with Crippen LogP contribution < -0.4 is 4.98 Å². The van der Waals surface area contributed by atoms with Crippen LogP contribution in [0.15, 0.2) is 70.5 Å². The molecule has 3 aromatic carbocycles. The average Bonchev–Trinajstić information content (AvgIpc) is 3.39. The number of phenolic OH excluding ortho intramolecular Hbond substituents is 1. The van der Waals surface area contributed by atoms with Gasteiger partial charge in [-0.3, -0.25) is 0 Å².